The van der Waals surface area contributed by atoms with E-state index in [2.05, 4.69) is 0 Å². The summed E-state index contributed by atoms with van der Waals surface area (Å²) in [6.45, 7) is 1.94. The number of alkyl halides is 3. The summed E-state index contributed by atoms with van der Waals surface area (Å²) in [7, 11) is 0. The molecule has 0 N–H and O–H groups in total. The van der Waals surface area contributed by atoms with Crippen LogP contribution < -0.4 is 0 Å². The zero-order valence-electron chi connectivity index (χ0n) is 9.66. The minimum Gasteiger partial charge on any atom is -0.166 e. The van der Waals surface area contributed by atoms with E-state index in [1.165, 1.54) is 23.9 Å². The number of halogens is 3. The van der Waals surface area contributed by atoms with Crippen molar-refractivity contribution >= 4 is 11.8 Å². The quantitative estimate of drug-likeness (QED) is 0.724. The molecule has 0 fully saturated rings. The lowest BCUT2D eigenvalue weighted by Gasteiger charge is -2.09. The molecule has 0 aliphatic rings. The molecule has 0 unspecified atom stereocenters. The lowest BCUT2D eigenvalue weighted by molar-refractivity contribution is -0.137. The molecule has 0 aromatic heterocycles. The molecule has 0 saturated heterocycles. The Kier molecular flexibility index (Phi) is 3.66. The van der Waals surface area contributed by atoms with Crippen LogP contribution in [0.15, 0.2) is 58.3 Å². The van der Waals surface area contributed by atoms with Gasteiger partial charge in [-0.25, -0.2) is 0 Å². The number of benzene rings is 2. The molecule has 0 spiro atoms. The molecule has 0 aliphatic carbocycles. The van der Waals surface area contributed by atoms with Gasteiger partial charge in [0.1, 0.15) is 0 Å². The summed E-state index contributed by atoms with van der Waals surface area (Å²) < 4.78 is 37.7. The first kappa shape index (κ1) is 13.0. The van der Waals surface area contributed by atoms with Crippen molar-refractivity contribution in [2.45, 2.75) is 22.9 Å². The van der Waals surface area contributed by atoms with Crippen LogP contribution in [-0.2, 0) is 6.18 Å². The maximum absolute atomic E-state index is 12.6. The van der Waals surface area contributed by atoms with Gasteiger partial charge in [0, 0.05) is 9.79 Å². The molecule has 18 heavy (non-hydrogen) atoms. The van der Waals surface area contributed by atoms with E-state index < -0.39 is 11.7 Å². The lowest BCUT2D eigenvalue weighted by atomic mass is 10.2. The molecule has 2 aromatic carbocycles. The highest BCUT2D eigenvalue weighted by Crippen LogP contribution is 2.35. The zero-order valence-corrected chi connectivity index (χ0v) is 10.5. The largest absolute Gasteiger partial charge is 0.416 e. The highest BCUT2D eigenvalue weighted by Gasteiger charge is 2.30. The van der Waals surface area contributed by atoms with Crippen LogP contribution in [0.2, 0.25) is 0 Å². The van der Waals surface area contributed by atoms with Crippen molar-refractivity contribution in [3.05, 3.63) is 59.7 Å². The van der Waals surface area contributed by atoms with Crippen LogP contribution in [0.1, 0.15) is 11.1 Å². The molecule has 0 bridgehead atoms. The maximum Gasteiger partial charge on any atom is 0.416 e. The van der Waals surface area contributed by atoms with Gasteiger partial charge in [0.05, 0.1) is 5.56 Å². The van der Waals surface area contributed by atoms with Gasteiger partial charge in [0.15, 0.2) is 0 Å². The van der Waals surface area contributed by atoms with Crippen molar-refractivity contribution in [2.24, 2.45) is 0 Å². The van der Waals surface area contributed by atoms with Gasteiger partial charge in [-0.3, -0.25) is 0 Å². The summed E-state index contributed by atoms with van der Waals surface area (Å²) in [5.41, 5.74) is 0.445. The Labute approximate surface area is 108 Å². The van der Waals surface area contributed by atoms with Crippen molar-refractivity contribution in [3.63, 3.8) is 0 Å². The molecular formula is C14H11F3S. The Morgan fingerprint density at radius 1 is 0.944 bits per heavy atom. The lowest BCUT2D eigenvalue weighted by Crippen LogP contribution is -2.04. The van der Waals surface area contributed by atoms with Crippen LogP contribution in [0.5, 0.6) is 0 Å². The summed E-state index contributed by atoms with van der Waals surface area (Å²) in [4.78, 5) is 1.57. The van der Waals surface area contributed by atoms with Gasteiger partial charge in [-0.15, -0.1) is 0 Å². The van der Waals surface area contributed by atoms with E-state index in [1.54, 1.807) is 6.07 Å². The molecule has 94 valence electrons. The van der Waals surface area contributed by atoms with Gasteiger partial charge in [-0.05, 0) is 36.8 Å². The Morgan fingerprint density at radius 3 is 2.33 bits per heavy atom. The molecule has 0 saturated carbocycles. The molecule has 0 nitrogen and oxygen atoms in total. The van der Waals surface area contributed by atoms with Crippen LogP contribution >= 0.6 is 11.8 Å². The summed E-state index contributed by atoms with van der Waals surface area (Å²) in [5, 5.41) is 0. The molecule has 4 heteroatoms. The fourth-order valence-corrected chi connectivity index (χ4v) is 2.50. The van der Waals surface area contributed by atoms with Crippen molar-refractivity contribution in [1.82, 2.24) is 0 Å². The van der Waals surface area contributed by atoms with E-state index in [0.717, 1.165) is 16.5 Å². The van der Waals surface area contributed by atoms with Gasteiger partial charge < -0.3 is 0 Å². The highest BCUT2D eigenvalue weighted by atomic mass is 32.2. The monoisotopic (exact) mass is 268 g/mol. The van der Waals surface area contributed by atoms with Crippen molar-refractivity contribution < 1.29 is 13.2 Å². The summed E-state index contributed by atoms with van der Waals surface area (Å²) >= 11 is 1.34. The van der Waals surface area contributed by atoms with Crippen molar-refractivity contribution in [3.8, 4) is 0 Å². The fraction of sp³-hybridized carbons (Fsp3) is 0.143. The van der Waals surface area contributed by atoms with Crippen LogP contribution in [-0.4, -0.2) is 0 Å². The third-order valence-electron chi connectivity index (χ3n) is 2.48. The molecule has 0 heterocycles. The van der Waals surface area contributed by atoms with Crippen LogP contribution in [0.3, 0.4) is 0 Å². The van der Waals surface area contributed by atoms with E-state index in [4.69, 9.17) is 0 Å². The van der Waals surface area contributed by atoms with Crippen molar-refractivity contribution in [2.75, 3.05) is 0 Å². The van der Waals surface area contributed by atoms with E-state index >= 15 is 0 Å². The van der Waals surface area contributed by atoms with Gasteiger partial charge in [0.2, 0.25) is 0 Å². The normalized spacial score (nSPS) is 11.6. The second-order valence-electron chi connectivity index (χ2n) is 3.89. The predicted octanol–water partition coefficient (Wildman–Crippen LogP) is 5.17. The van der Waals surface area contributed by atoms with Crippen molar-refractivity contribution in [1.29, 1.82) is 0 Å². The second kappa shape index (κ2) is 5.06. The van der Waals surface area contributed by atoms with E-state index in [-0.39, 0.29) is 0 Å². The molecule has 0 aliphatic heterocycles. The molecule has 0 amide bonds. The van der Waals surface area contributed by atoms with E-state index in [9.17, 15) is 13.2 Å². The predicted molar refractivity (Wildman–Crippen MR) is 66.7 cm³/mol. The maximum atomic E-state index is 12.6. The summed E-state index contributed by atoms with van der Waals surface area (Å²) in [6.07, 6.45) is -4.29. The third kappa shape index (κ3) is 3.07. The van der Waals surface area contributed by atoms with Gasteiger partial charge in [0.25, 0.3) is 0 Å². The SMILES string of the molecule is Cc1ccccc1Sc1cccc(C(F)(F)F)c1. The number of hydrogen-bond donors (Lipinski definition) is 0. The van der Waals surface area contributed by atoms with Gasteiger partial charge >= 0.3 is 6.18 Å². The molecule has 2 rings (SSSR count). The van der Waals surface area contributed by atoms with Gasteiger partial charge in [-0.2, -0.15) is 13.2 Å². The second-order valence-corrected chi connectivity index (χ2v) is 5.01. The summed E-state index contributed by atoms with van der Waals surface area (Å²) in [6, 6.07) is 13.0. The Bertz CT molecular complexity index is 547. The molecular weight excluding hydrogens is 257 g/mol. The average Bonchev–Trinajstić information content (AvgIpc) is 2.31. The van der Waals surface area contributed by atoms with E-state index in [1.807, 2.05) is 31.2 Å². The highest BCUT2D eigenvalue weighted by molar-refractivity contribution is 7.99. The first-order chi connectivity index (χ1) is 8.47. The minimum atomic E-state index is -4.29. The van der Waals surface area contributed by atoms with Crippen LogP contribution in [0.25, 0.3) is 0 Å². The standard InChI is InChI=1S/C14H11F3S/c1-10-5-2-3-8-13(10)18-12-7-4-6-11(9-12)14(15,16)17/h2-9H,1H3. The smallest absolute Gasteiger partial charge is 0.166 e. The Balaban J connectivity index is 2.28. The molecule has 2 aromatic rings. The Hall–Kier alpha value is -1.42. The van der Waals surface area contributed by atoms with Crippen LogP contribution in [0.4, 0.5) is 13.2 Å². The Morgan fingerprint density at radius 2 is 1.67 bits per heavy atom. The number of rotatable bonds is 2. The molecule has 0 atom stereocenters. The minimum absolute atomic E-state index is 0.596. The van der Waals surface area contributed by atoms with Crippen LogP contribution in [0, 0.1) is 6.92 Å². The zero-order chi connectivity index (χ0) is 13.2. The third-order valence-corrected chi connectivity index (χ3v) is 3.65. The number of aryl methyl sites for hydroxylation is 1. The number of hydrogen-bond acceptors (Lipinski definition) is 1. The topological polar surface area (TPSA) is 0 Å². The van der Waals surface area contributed by atoms with Gasteiger partial charge in [-0.1, -0.05) is 36.0 Å². The van der Waals surface area contributed by atoms with E-state index in [0.29, 0.717) is 4.90 Å². The summed E-state index contributed by atoms with van der Waals surface area (Å²) in [5.74, 6) is 0. The first-order valence-corrected chi connectivity index (χ1v) is 6.19. The average molecular weight is 268 g/mol. The molecule has 0 radical (unpaired) electrons. The first-order valence-electron chi connectivity index (χ1n) is 5.37. The fourth-order valence-electron chi connectivity index (χ4n) is 1.53.